The molecule has 0 N–H and O–H groups in total. The molecule has 0 saturated carbocycles. The summed E-state index contributed by atoms with van der Waals surface area (Å²) in [5.41, 5.74) is 4.27. The Morgan fingerprint density at radius 2 is 1.38 bits per heavy atom. The lowest BCUT2D eigenvalue weighted by atomic mass is 10.00. The monoisotopic (exact) mass is 449 g/mol. The van der Waals surface area contributed by atoms with Crippen LogP contribution in [0.25, 0.3) is 33.3 Å². The van der Waals surface area contributed by atoms with Gasteiger partial charge in [0.1, 0.15) is 6.33 Å². The molecule has 0 bridgehead atoms. The highest BCUT2D eigenvalue weighted by Gasteiger charge is 2.17. The fourth-order valence-electron chi connectivity index (χ4n) is 3.48. The van der Waals surface area contributed by atoms with Crippen molar-refractivity contribution in [1.29, 1.82) is 0 Å². The standard InChI is InChI=1S/C24H23N3O4S/c1-27(2)32(28,29)19-9-5-16(6-10-19)24-20-13-17(7-11-21(20)25-15-26-24)18-8-12-22(30-3)23(14-18)31-4/h5-15H,1-4H3. The van der Waals surface area contributed by atoms with Gasteiger partial charge < -0.3 is 9.47 Å². The van der Waals surface area contributed by atoms with Crippen molar-refractivity contribution in [3.8, 4) is 33.9 Å². The summed E-state index contributed by atoms with van der Waals surface area (Å²) in [5, 5.41) is 0.864. The molecule has 0 saturated heterocycles. The topological polar surface area (TPSA) is 81.6 Å². The van der Waals surface area contributed by atoms with Crippen molar-refractivity contribution in [3.63, 3.8) is 0 Å². The first-order chi connectivity index (χ1) is 15.3. The summed E-state index contributed by atoms with van der Waals surface area (Å²) in [6.45, 7) is 0. The van der Waals surface area contributed by atoms with Crippen molar-refractivity contribution in [2.75, 3.05) is 28.3 Å². The Balaban J connectivity index is 1.81. The molecule has 1 heterocycles. The molecule has 0 radical (unpaired) electrons. The number of ether oxygens (including phenoxy) is 2. The average molecular weight is 450 g/mol. The zero-order valence-electron chi connectivity index (χ0n) is 18.2. The first-order valence-corrected chi connectivity index (χ1v) is 11.3. The first-order valence-electron chi connectivity index (χ1n) is 9.85. The molecular weight excluding hydrogens is 426 g/mol. The third-order valence-corrected chi connectivity index (χ3v) is 7.09. The van der Waals surface area contributed by atoms with E-state index < -0.39 is 10.0 Å². The number of methoxy groups -OCH3 is 2. The summed E-state index contributed by atoms with van der Waals surface area (Å²) in [7, 11) is 2.74. The Hall–Kier alpha value is -3.49. The molecule has 164 valence electrons. The summed E-state index contributed by atoms with van der Waals surface area (Å²) in [4.78, 5) is 9.10. The maximum Gasteiger partial charge on any atom is 0.242 e. The van der Waals surface area contributed by atoms with Crippen molar-refractivity contribution in [2.24, 2.45) is 0 Å². The first kappa shape index (κ1) is 21.7. The minimum atomic E-state index is -3.50. The van der Waals surface area contributed by atoms with E-state index in [2.05, 4.69) is 9.97 Å². The zero-order chi connectivity index (χ0) is 22.9. The fraction of sp³-hybridized carbons (Fsp3) is 0.167. The van der Waals surface area contributed by atoms with Gasteiger partial charge in [-0.3, -0.25) is 0 Å². The number of sulfonamides is 1. The molecule has 0 aliphatic carbocycles. The second kappa shape index (κ2) is 8.57. The quantitative estimate of drug-likeness (QED) is 0.438. The molecule has 0 aliphatic rings. The molecule has 0 spiro atoms. The Morgan fingerprint density at radius 3 is 2.03 bits per heavy atom. The predicted octanol–water partition coefficient (Wildman–Crippen LogP) is 4.23. The SMILES string of the molecule is COc1ccc(-c2ccc3ncnc(-c4ccc(S(=O)(=O)N(C)C)cc4)c3c2)cc1OC. The molecule has 32 heavy (non-hydrogen) atoms. The van der Waals surface area contributed by atoms with Crippen molar-refractivity contribution in [2.45, 2.75) is 4.90 Å². The van der Waals surface area contributed by atoms with Gasteiger partial charge in [0.05, 0.1) is 30.3 Å². The third kappa shape index (κ3) is 3.90. The molecule has 4 rings (SSSR count). The highest BCUT2D eigenvalue weighted by atomic mass is 32.2. The van der Waals surface area contributed by atoms with Crippen LogP contribution in [-0.4, -0.2) is 51.0 Å². The minimum absolute atomic E-state index is 0.232. The average Bonchev–Trinajstić information content (AvgIpc) is 2.82. The van der Waals surface area contributed by atoms with Crippen LogP contribution in [0.1, 0.15) is 0 Å². The van der Waals surface area contributed by atoms with Crippen LogP contribution in [0.3, 0.4) is 0 Å². The molecule has 0 fully saturated rings. The Kier molecular flexibility index (Phi) is 5.82. The highest BCUT2D eigenvalue weighted by molar-refractivity contribution is 7.89. The van der Waals surface area contributed by atoms with E-state index in [0.717, 1.165) is 33.3 Å². The summed E-state index contributed by atoms with van der Waals surface area (Å²) < 4.78 is 36.7. The predicted molar refractivity (Wildman–Crippen MR) is 124 cm³/mol. The van der Waals surface area contributed by atoms with Crippen LogP contribution in [-0.2, 0) is 10.0 Å². The maximum absolute atomic E-state index is 12.4. The van der Waals surface area contributed by atoms with E-state index in [0.29, 0.717) is 11.5 Å². The van der Waals surface area contributed by atoms with E-state index in [-0.39, 0.29) is 4.90 Å². The number of hydrogen-bond acceptors (Lipinski definition) is 6. The Labute approximate surface area is 187 Å². The summed E-state index contributed by atoms with van der Waals surface area (Å²) in [6, 6.07) is 18.4. The number of rotatable bonds is 6. The van der Waals surface area contributed by atoms with Crippen molar-refractivity contribution in [3.05, 3.63) is 67.0 Å². The van der Waals surface area contributed by atoms with Crippen molar-refractivity contribution < 1.29 is 17.9 Å². The Bertz CT molecular complexity index is 1380. The van der Waals surface area contributed by atoms with Gasteiger partial charge in [0.15, 0.2) is 11.5 Å². The number of hydrogen-bond donors (Lipinski definition) is 0. The second-order valence-electron chi connectivity index (χ2n) is 7.34. The van der Waals surface area contributed by atoms with Gasteiger partial charge in [-0.2, -0.15) is 0 Å². The zero-order valence-corrected chi connectivity index (χ0v) is 19.1. The van der Waals surface area contributed by atoms with Gasteiger partial charge in [0, 0.05) is 25.0 Å². The van der Waals surface area contributed by atoms with E-state index in [9.17, 15) is 8.42 Å². The van der Waals surface area contributed by atoms with Gasteiger partial charge >= 0.3 is 0 Å². The largest absolute Gasteiger partial charge is 0.493 e. The molecular formula is C24H23N3O4S. The van der Waals surface area contributed by atoms with Gasteiger partial charge in [0.25, 0.3) is 0 Å². The third-order valence-electron chi connectivity index (χ3n) is 5.26. The molecule has 3 aromatic carbocycles. The lowest BCUT2D eigenvalue weighted by molar-refractivity contribution is 0.355. The second-order valence-corrected chi connectivity index (χ2v) is 9.49. The number of aromatic nitrogens is 2. The van der Waals surface area contributed by atoms with Crippen molar-refractivity contribution >= 4 is 20.9 Å². The van der Waals surface area contributed by atoms with Crippen LogP contribution < -0.4 is 9.47 Å². The molecule has 4 aromatic rings. The van der Waals surface area contributed by atoms with Gasteiger partial charge in [-0.1, -0.05) is 24.3 Å². The molecule has 1 aromatic heterocycles. The normalized spacial score (nSPS) is 11.7. The van der Waals surface area contributed by atoms with Crippen LogP contribution in [0, 0.1) is 0 Å². The smallest absolute Gasteiger partial charge is 0.242 e. The van der Waals surface area contributed by atoms with Crippen LogP contribution in [0.4, 0.5) is 0 Å². The summed E-state index contributed by atoms with van der Waals surface area (Å²) in [6.07, 6.45) is 1.51. The van der Waals surface area contributed by atoms with Crippen molar-refractivity contribution in [1.82, 2.24) is 14.3 Å². The lowest BCUT2D eigenvalue weighted by Crippen LogP contribution is -2.22. The molecule has 0 unspecified atom stereocenters. The number of benzene rings is 3. The van der Waals surface area contributed by atoms with E-state index in [1.54, 1.807) is 38.5 Å². The van der Waals surface area contributed by atoms with Crippen LogP contribution in [0.15, 0.2) is 71.9 Å². The maximum atomic E-state index is 12.4. The number of nitrogens with zero attached hydrogens (tertiary/aromatic N) is 3. The molecule has 7 nitrogen and oxygen atoms in total. The number of fused-ring (bicyclic) bond motifs is 1. The van der Waals surface area contributed by atoms with E-state index in [4.69, 9.17) is 9.47 Å². The van der Waals surface area contributed by atoms with Crippen LogP contribution >= 0.6 is 0 Å². The fourth-order valence-corrected chi connectivity index (χ4v) is 4.38. The Morgan fingerprint density at radius 1 is 0.750 bits per heavy atom. The molecule has 8 heteroatoms. The summed E-state index contributed by atoms with van der Waals surface area (Å²) >= 11 is 0. The van der Waals surface area contributed by atoms with E-state index >= 15 is 0 Å². The van der Waals surface area contributed by atoms with Gasteiger partial charge in [-0.15, -0.1) is 0 Å². The van der Waals surface area contributed by atoms with E-state index in [1.165, 1.54) is 24.7 Å². The highest BCUT2D eigenvalue weighted by Crippen LogP contribution is 2.35. The van der Waals surface area contributed by atoms with Gasteiger partial charge in [-0.25, -0.2) is 22.7 Å². The van der Waals surface area contributed by atoms with E-state index in [1.807, 2.05) is 36.4 Å². The lowest BCUT2D eigenvalue weighted by Gasteiger charge is -2.13. The summed E-state index contributed by atoms with van der Waals surface area (Å²) in [5.74, 6) is 1.31. The van der Waals surface area contributed by atoms with Gasteiger partial charge in [0.2, 0.25) is 10.0 Å². The van der Waals surface area contributed by atoms with Crippen LogP contribution in [0.2, 0.25) is 0 Å². The van der Waals surface area contributed by atoms with Crippen LogP contribution in [0.5, 0.6) is 11.5 Å². The van der Waals surface area contributed by atoms with Gasteiger partial charge in [-0.05, 0) is 47.5 Å². The molecule has 0 aliphatic heterocycles. The minimum Gasteiger partial charge on any atom is -0.493 e. The molecule has 0 atom stereocenters. The molecule has 0 amide bonds.